The molecule has 0 bridgehead atoms. The molecule has 696 valence electrons. The molecule has 0 fully saturated rings. The molecule has 23 rings (SSSR count). The zero-order valence-electron chi connectivity index (χ0n) is 84.0. The molecule has 0 amide bonds. The molecule has 4 atom stereocenters. The van der Waals surface area contributed by atoms with Crippen LogP contribution in [0.25, 0.3) is 77.9 Å². The third-order valence-corrected chi connectivity index (χ3v) is 31.4. The number of hydrogen-bond acceptors (Lipinski definition) is 4. The van der Waals surface area contributed by atoms with Crippen molar-refractivity contribution < 1.29 is 9.47 Å². The van der Waals surface area contributed by atoms with E-state index in [2.05, 4.69) is 556 Å². The number of fused-ring (bicyclic) bond motifs is 12. The fourth-order valence-electron chi connectivity index (χ4n) is 23.1. The standard InChI is InChI=1S/C72H63NO.C66H59NO/c1-8-48(2)49-26-40-60(41-27-49)74-61-42-33-56(34-43-61)72(55-31-29-54(30-32-55)70(3,4)5)67-21-15-13-19-63(67)65-44-28-53(46-69(65)72)52-24-37-58(38-25-52)73(57-35-22-51(23-36-57)50-16-10-9-11-17-50)59-39-45-64-62-18-12-14-20-66(62)71(6,7)68(64)47-59;1-8-44(2)45-24-36-54(37-25-45)68-55-38-30-50(31-39-55)66(49-28-26-48(27-29-49)64(3,4)5)61-21-15-13-19-57(61)59-41-35-53(43-63(59)66)67(51-32-22-47(23-33-51)46-16-10-9-11-17-46)52-34-40-58-56-18-12-14-20-60(56)65(6,7)62(58)42-52/h9-48H,8H2,1-7H3;9-44H,8H2,1-7H3. The van der Waals surface area contributed by atoms with Crippen LogP contribution in [0, 0.1) is 0 Å². The van der Waals surface area contributed by atoms with E-state index in [0.29, 0.717) is 11.8 Å². The Kier molecular flexibility index (Phi) is 23.5. The molecule has 4 unspecified atom stereocenters. The molecule has 4 heteroatoms. The summed E-state index contributed by atoms with van der Waals surface area (Å²) in [6.07, 6.45) is 2.22. The van der Waals surface area contributed by atoms with Crippen LogP contribution in [0.1, 0.15) is 211 Å². The van der Waals surface area contributed by atoms with E-state index >= 15 is 0 Å². The molecule has 4 aliphatic rings. The van der Waals surface area contributed by atoms with Crippen LogP contribution in [0.2, 0.25) is 0 Å². The van der Waals surface area contributed by atoms with E-state index < -0.39 is 10.8 Å². The topological polar surface area (TPSA) is 24.9 Å². The number of rotatable bonds is 21. The van der Waals surface area contributed by atoms with Gasteiger partial charge in [0.1, 0.15) is 23.0 Å². The first-order valence-corrected chi connectivity index (χ1v) is 50.8. The fourth-order valence-corrected chi connectivity index (χ4v) is 23.1. The molecular weight excluding hydrogens is 1720 g/mol. The maximum absolute atomic E-state index is 6.54. The van der Waals surface area contributed by atoms with Gasteiger partial charge in [0.25, 0.3) is 0 Å². The van der Waals surface area contributed by atoms with E-state index in [1.807, 2.05) is 0 Å². The van der Waals surface area contributed by atoms with Gasteiger partial charge in [-0.2, -0.15) is 0 Å². The first-order valence-electron chi connectivity index (χ1n) is 50.8. The van der Waals surface area contributed by atoms with Crippen molar-refractivity contribution in [2.75, 3.05) is 9.80 Å². The van der Waals surface area contributed by atoms with Crippen LogP contribution in [-0.4, -0.2) is 0 Å². The van der Waals surface area contributed by atoms with Crippen LogP contribution in [0.3, 0.4) is 0 Å². The SMILES string of the molecule is CCC(C)c1ccc(Oc2ccc(C3(c4ccc(C(C)(C)C)cc4)c4ccccc4-c4ccc(-c5ccc(N(c6ccc(-c7ccccc7)cc6)c6ccc7c(c6)C(C)(C)c6ccccc6-7)cc5)cc43)cc2)cc1.CCC(C)c1ccc(Oc2ccc(C3(c4ccc(C(C)(C)C)cc4)c4ccccc4-c4ccc(N(c5ccc(-c6ccccc6)cc5)c5ccc6c(c5)C(C)(C)c5ccccc5-6)cc43)cc2)cc1. The number of anilines is 6. The summed E-state index contributed by atoms with van der Waals surface area (Å²) >= 11 is 0. The van der Waals surface area contributed by atoms with Crippen LogP contribution in [0.4, 0.5) is 34.1 Å². The lowest BCUT2D eigenvalue weighted by molar-refractivity contribution is 0.481. The summed E-state index contributed by atoms with van der Waals surface area (Å²) in [4.78, 5) is 4.88. The van der Waals surface area contributed by atoms with E-state index in [-0.39, 0.29) is 21.7 Å². The van der Waals surface area contributed by atoms with Gasteiger partial charge < -0.3 is 19.3 Å². The summed E-state index contributed by atoms with van der Waals surface area (Å²) in [5.74, 6) is 4.35. The van der Waals surface area contributed by atoms with Crippen molar-refractivity contribution in [3.63, 3.8) is 0 Å². The Hall–Kier alpha value is -15.6. The maximum atomic E-state index is 6.54. The van der Waals surface area contributed by atoms with Gasteiger partial charge in [0, 0.05) is 45.0 Å². The predicted octanol–water partition coefficient (Wildman–Crippen LogP) is 37.9. The molecular formula is C138H122N2O2. The summed E-state index contributed by atoms with van der Waals surface area (Å²) in [5, 5.41) is 0. The third kappa shape index (κ3) is 16.2. The lowest BCUT2D eigenvalue weighted by Crippen LogP contribution is -2.29. The highest BCUT2D eigenvalue weighted by atomic mass is 16.5. The zero-order valence-corrected chi connectivity index (χ0v) is 84.0. The summed E-state index contributed by atoms with van der Waals surface area (Å²) in [5.41, 5.74) is 43.4. The first-order chi connectivity index (χ1) is 68.9. The molecule has 0 saturated heterocycles. The Morgan fingerprint density at radius 2 is 0.458 bits per heavy atom. The quantitative estimate of drug-likeness (QED) is 0.0716. The molecule has 0 heterocycles. The van der Waals surface area contributed by atoms with Crippen LogP contribution < -0.4 is 19.3 Å². The molecule has 4 aliphatic carbocycles. The van der Waals surface area contributed by atoms with Crippen molar-refractivity contribution in [1.29, 1.82) is 0 Å². The fraction of sp³-hybridized carbons (Fsp3) is 0.174. The molecule has 19 aromatic rings. The molecule has 4 nitrogen and oxygen atoms in total. The minimum atomic E-state index is -0.626. The van der Waals surface area contributed by atoms with Crippen LogP contribution in [-0.2, 0) is 32.5 Å². The monoisotopic (exact) mass is 1840 g/mol. The highest BCUT2D eigenvalue weighted by Crippen LogP contribution is 2.62. The second kappa shape index (κ2) is 36.5. The van der Waals surface area contributed by atoms with E-state index in [1.165, 1.54) is 161 Å². The second-order valence-corrected chi connectivity index (χ2v) is 42.6. The summed E-state index contributed by atoms with van der Waals surface area (Å²) in [6.45, 7) is 32.2. The molecule has 0 saturated carbocycles. The van der Waals surface area contributed by atoms with Crippen LogP contribution >= 0.6 is 0 Å². The van der Waals surface area contributed by atoms with Gasteiger partial charge in [-0.15, -0.1) is 0 Å². The number of benzene rings is 19. The molecule has 0 spiro atoms. The van der Waals surface area contributed by atoms with Crippen molar-refractivity contribution >= 4 is 34.1 Å². The summed E-state index contributed by atoms with van der Waals surface area (Å²) in [7, 11) is 0. The van der Waals surface area contributed by atoms with Gasteiger partial charge >= 0.3 is 0 Å². The molecule has 0 radical (unpaired) electrons. The van der Waals surface area contributed by atoms with Gasteiger partial charge in [0.05, 0.1) is 10.8 Å². The normalized spacial score (nSPS) is 15.6. The average molecular weight is 1840 g/mol. The van der Waals surface area contributed by atoms with Gasteiger partial charge in [-0.3, -0.25) is 0 Å². The van der Waals surface area contributed by atoms with Gasteiger partial charge in [-0.05, 0) is 330 Å². The highest BCUT2D eigenvalue weighted by Gasteiger charge is 2.49. The van der Waals surface area contributed by atoms with Gasteiger partial charge in [-0.1, -0.05) is 418 Å². The van der Waals surface area contributed by atoms with Crippen molar-refractivity contribution in [1.82, 2.24) is 0 Å². The van der Waals surface area contributed by atoms with Crippen molar-refractivity contribution in [2.24, 2.45) is 0 Å². The smallest absolute Gasteiger partial charge is 0.127 e. The van der Waals surface area contributed by atoms with Crippen LogP contribution in [0.15, 0.2) is 449 Å². The maximum Gasteiger partial charge on any atom is 0.127 e. The average Bonchev–Trinajstić information content (AvgIpc) is 1.53. The molecule has 0 aliphatic heterocycles. The predicted molar refractivity (Wildman–Crippen MR) is 596 cm³/mol. The lowest BCUT2D eigenvalue weighted by Gasteiger charge is -2.35. The summed E-state index contributed by atoms with van der Waals surface area (Å²) in [6, 6.07) is 167. The zero-order chi connectivity index (χ0) is 97.6. The van der Waals surface area contributed by atoms with E-state index in [1.54, 1.807) is 0 Å². The second-order valence-electron chi connectivity index (χ2n) is 42.6. The van der Waals surface area contributed by atoms with Crippen molar-refractivity contribution in [3.8, 4) is 101 Å². The number of hydrogen-bond donors (Lipinski definition) is 0. The largest absolute Gasteiger partial charge is 0.457 e. The van der Waals surface area contributed by atoms with E-state index in [9.17, 15) is 0 Å². The Bertz CT molecular complexity index is 7880. The lowest BCUT2D eigenvalue weighted by atomic mass is 9.67. The minimum Gasteiger partial charge on any atom is -0.457 e. The van der Waals surface area contributed by atoms with E-state index in [0.717, 1.165) is 75.5 Å². The van der Waals surface area contributed by atoms with Gasteiger partial charge in [0.15, 0.2) is 0 Å². The van der Waals surface area contributed by atoms with Gasteiger partial charge in [-0.25, -0.2) is 0 Å². The Morgan fingerprint density at radius 3 is 0.796 bits per heavy atom. The highest BCUT2D eigenvalue weighted by molar-refractivity contribution is 5.94. The third-order valence-electron chi connectivity index (χ3n) is 31.4. The molecule has 19 aromatic carbocycles. The Balaban J connectivity index is 0.000000163. The van der Waals surface area contributed by atoms with Crippen LogP contribution in [0.5, 0.6) is 23.0 Å². The van der Waals surface area contributed by atoms with Crippen molar-refractivity contribution in [2.45, 2.75) is 154 Å². The van der Waals surface area contributed by atoms with Crippen molar-refractivity contribution in [3.05, 3.63) is 538 Å². The Morgan fingerprint density at radius 1 is 0.218 bits per heavy atom. The van der Waals surface area contributed by atoms with E-state index in [4.69, 9.17) is 9.47 Å². The Labute approximate surface area is 840 Å². The summed E-state index contributed by atoms with van der Waals surface area (Å²) < 4.78 is 13.1. The molecule has 0 aromatic heterocycles. The number of nitrogens with zero attached hydrogens (tertiary/aromatic N) is 2. The minimum absolute atomic E-state index is 0.0124. The van der Waals surface area contributed by atoms with Gasteiger partial charge in [0.2, 0.25) is 0 Å². The number of ether oxygens (including phenoxy) is 2. The first kappa shape index (κ1) is 91.5. The molecule has 0 N–H and O–H groups in total. The molecule has 142 heavy (non-hydrogen) atoms.